The summed E-state index contributed by atoms with van der Waals surface area (Å²) in [5.41, 5.74) is 5.40. The van der Waals surface area contributed by atoms with Gasteiger partial charge in [-0.25, -0.2) is 0 Å². The van der Waals surface area contributed by atoms with Gasteiger partial charge in [0.15, 0.2) is 18.4 Å². The second-order valence-electron chi connectivity index (χ2n) is 9.54. The second kappa shape index (κ2) is 14.8. The summed E-state index contributed by atoms with van der Waals surface area (Å²) in [4.78, 5) is 12.0. The molecule has 0 aromatic rings. The SMILES string of the molecule is CC(O)C(N)C(=O)[C@H](O)[C@@H](O)[C@H](O)[C@H](O)CO[C@H]1O[C@H](CO[C@H]2O[C@H](CO)[C@@H](O)[C@H](O)[C@H]2O)[C@@H](O)[C@H](O)[C@H]1O. The van der Waals surface area contributed by atoms with Gasteiger partial charge in [0.25, 0.3) is 0 Å². The largest absolute Gasteiger partial charge is 0.394 e. The molecule has 0 aliphatic carbocycles. The molecule has 2 aliphatic rings. The van der Waals surface area contributed by atoms with Gasteiger partial charge in [-0.05, 0) is 6.92 Å². The number of nitrogens with two attached hydrogens (primary N) is 1. The highest BCUT2D eigenvalue weighted by Crippen LogP contribution is 2.26. The van der Waals surface area contributed by atoms with Crippen LogP contribution < -0.4 is 5.73 Å². The number of carbonyl (C=O) groups is 1. The van der Waals surface area contributed by atoms with Crippen molar-refractivity contribution in [3.8, 4) is 0 Å². The Kier molecular flexibility index (Phi) is 12.9. The van der Waals surface area contributed by atoms with Gasteiger partial charge in [0.1, 0.15) is 73.2 Å². The second-order valence-corrected chi connectivity index (χ2v) is 9.54. The summed E-state index contributed by atoms with van der Waals surface area (Å²) in [7, 11) is 0. The molecular formula is C21H39NO17. The zero-order valence-corrected chi connectivity index (χ0v) is 20.8. The summed E-state index contributed by atoms with van der Waals surface area (Å²) < 4.78 is 20.9. The van der Waals surface area contributed by atoms with Crippen molar-refractivity contribution >= 4 is 5.78 Å². The van der Waals surface area contributed by atoms with Gasteiger partial charge in [-0.15, -0.1) is 0 Å². The van der Waals surface area contributed by atoms with Crippen LogP contribution in [0, 0.1) is 0 Å². The van der Waals surface area contributed by atoms with E-state index >= 15 is 0 Å². The van der Waals surface area contributed by atoms with E-state index in [1.165, 1.54) is 0 Å². The van der Waals surface area contributed by atoms with E-state index in [-0.39, 0.29) is 0 Å². The van der Waals surface area contributed by atoms with Crippen LogP contribution in [-0.4, -0.2) is 185 Å². The van der Waals surface area contributed by atoms with Crippen molar-refractivity contribution in [2.24, 2.45) is 5.73 Å². The summed E-state index contributed by atoms with van der Waals surface area (Å²) in [5.74, 6) is -1.21. The molecule has 0 spiro atoms. The van der Waals surface area contributed by atoms with Gasteiger partial charge in [0.05, 0.1) is 32.0 Å². The van der Waals surface area contributed by atoms with Crippen LogP contribution in [0.3, 0.4) is 0 Å². The van der Waals surface area contributed by atoms with E-state index in [1.807, 2.05) is 0 Å². The Morgan fingerprint density at radius 1 is 0.769 bits per heavy atom. The van der Waals surface area contributed by atoms with Crippen molar-refractivity contribution in [2.45, 2.75) is 105 Å². The van der Waals surface area contributed by atoms with Crippen molar-refractivity contribution in [3.63, 3.8) is 0 Å². The van der Waals surface area contributed by atoms with Crippen molar-refractivity contribution < 1.29 is 85.0 Å². The summed E-state index contributed by atoms with van der Waals surface area (Å²) in [5, 5.41) is 119. The molecule has 2 aliphatic heterocycles. The number of rotatable bonds is 13. The Bertz CT molecular complexity index is 760. The molecule has 0 saturated carbocycles. The number of aliphatic hydroxyl groups is 12. The molecule has 0 aromatic heterocycles. The average molecular weight is 578 g/mol. The first-order chi connectivity index (χ1) is 18.1. The first kappa shape index (κ1) is 34.2. The zero-order chi connectivity index (χ0) is 29.8. The zero-order valence-electron chi connectivity index (χ0n) is 20.8. The highest BCUT2D eigenvalue weighted by atomic mass is 16.7. The quantitative estimate of drug-likeness (QED) is 0.0965. The lowest BCUT2D eigenvalue weighted by atomic mass is 9.95. The molecule has 230 valence electrons. The van der Waals surface area contributed by atoms with E-state index in [0.29, 0.717) is 0 Å². The Balaban J connectivity index is 1.96. The lowest BCUT2D eigenvalue weighted by molar-refractivity contribution is -0.333. The third-order valence-corrected chi connectivity index (χ3v) is 6.58. The van der Waals surface area contributed by atoms with Crippen LogP contribution in [0.15, 0.2) is 0 Å². The minimum atomic E-state index is -2.28. The number of ether oxygens (including phenoxy) is 4. The molecule has 14 N–H and O–H groups in total. The van der Waals surface area contributed by atoms with Gasteiger partial charge in [-0.1, -0.05) is 0 Å². The standard InChI is InChI=1S/C21H39NO17/c1-5(24)9(22)13(29)17(33)14(30)10(26)6(25)3-36-20-19(35)16(32)12(28)8(39-20)4-37-21-18(34)15(31)11(27)7(2-23)38-21/h5-12,14-21,23-28,30-35H,2-4,22H2,1H3/t5?,6-,7-,8-,9?,10-,11-,12-,14+,15+,16+,17+,18-,19-,20+,21+/m1/s1. The maximum atomic E-state index is 12.0. The Morgan fingerprint density at radius 2 is 1.26 bits per heavy atom. The Morgan fingerprint density at radius 3 is 1.77 bits per heavy atom. The molecule has 0 amide bonds. The van der Waals surface area contributed by atoms with E-state index in [1.54, 1.807) is 0 Å². The predicted molar refractivity (Wildman–Crippen MR) is 121 cm³/mol. The topological polar surface area (TPSA) is 323 Å². The van der Waals surface area contributed by atoms with Crippen LogP contribution >= 0.6 is 0 Å². The first-order valence-electron chi connectivity index (χ1n) is 12.1. The third kappa shape index (κ3) is 8.05. The fourth-order valence-corrected chi connectivity index (χ4v) is 3.90. The molecule has 2 saturated heterocycles. The fourth-order valence-electron chi connectivity index (χ4n) is 3.90. The molecule has 2 heterocycles. The van der Waals surface area contributed by atoms with Crippen LogP contribution in [0.25, 0.3) is 0 Å². The van der Waals surface area contributed by atoms with Gasteiger partial charge in [-0.2, -0.15) is 0 Å². The van der Waals surface area contributed by atoms with Crippen LogP contribution in [0.2, 0.25) is 0 Å². The van der Waals surface area contributed by atoms with Crippen LogP contribution in [0.4, 0.5) is 0 Å². The van der Waals surface area contributed by atoms with Gasteiger partial charge >= 0.3 is 0 Å². The maximum absolute atomic E-state index is 12.0. The Hall–Kier alpha value is -1.01. The van der Waals surface area contributed by atoms with Crippen molar-refractivity contribution in [1.29, 1.82) is 0 Å². The normalized spacial score (nSPS) is 40.4. The molecule has 18 heteroatoms. The number of ketones is 1. The van der Waals surface area contributed by atoms with Gasteiger partial charge in [0, 0.05) is 0 Å². The number of hydrogen-bond acceptors (Lipinski definition) is 18. The summed E-state index contributed by atoms with van der Waals surface area (Å²) in [6.07, 6.45) is -26.9. The van der Waals surface area contributed by atoms with Gasteiger partial charge in [-0.3, -0.25) is 4.79 Å². The Labute approximate surface area is 222 Å². The lowest BCUT2D eigenvalue weighted by Gasteiger charge is -2.42. The van der Waals surface area contributed by atoms with Crippen LogP contribution in [0.1, 0.15) is 6.92 Å². The molecule has 0 bridgehead atoms. The summed E-state index contributed by atoms with van der Waals surface area (Å²) in [6.45, 7) is -1.11. The minimum absolute atomic E-state index is 0.644. The number of hydrogen-bond donors (Lipinski definition) is 13. The summed E-state index contributed by atoms with van der Waals surface area (Å²) >= 11 is 0. The van der Waals surface area contributed by atoms with Crippen molar-refractivity contribution in [3.05, 3.63) is 0 Å². The molecule has 2 unspecified atom stereocenters. The third-order valence-electron chi connectivity index (χ3n) is 6.58. The average Bonchev–Trinajstić information content (AvgIpc) is 2.92. The highest BCUT2D eigenvalue weighted by Gasteiger charge is 2.48. The smallest absolute Gasteiger partial charge is 0.186 e. The monoisotopic (exact) mass is 577 g/mol. The van der Waals surface area contributed by atoms with E-state index in [2.05, 4.69) is 0 Å². The molecule has 0 aromatic carbocycles. The molecule has 0 radical (unpaired) electrons. The van der Waals surface area contributed by atoms with Crippen LogP contribution in [-0.2, 0) is 23.7 Å². The molecular weight excluding hydrogens is 538 g/mol. The van der Waals surface area contributed by atoms with Gasteiger partial charge in [0.2, 0.25) is 0 Å². The van der Waals surface area contributed by atoms with E-state index in [4.69, 9.17) is 24.7 Å². The molecule has 18 nitrogen and oxygen atoms in total. The van der Waals surface area contributed by atoms with E-state index in [9.17, 15) is 66.1 Å². The van der Waals surface area contributed by atoms with E-state index in [0.717, 1.165) is 6.92 Å². The maximum Gasteiger partial charge on any atom is 0.186 e. The van der Waals surface area contributed by atoms with Crippen molar-refractivity contribution in [2.75, 3.05) is 19.8 Å². The molecule has 2 rings (SSSR count). The highest BCUT2D eigenvalue weighted by molar-refractivity contribution is 5.88. The van der Waals surface area contributed by atoms with Gasteiger partial charge < -0.3 is 86.0 Å². The number of aliphatic hydroxyl groups excluding tert-OH is 12. The van der Waals surface area contributed by atoms with Crippen molar-refractivity contribution in [1.82, 2.24) is 0 Å². The fraction of sp³-hybridized carbons (Fsp3) is 0.952. The molecule has 16 atom stereocenters. The number of carbonyl (C=O) groups excluding carboxylic acids is 1. The summed E-state index contributed by atoms with van der Waals surface area (Å²) in [6, 6.07) is -1.59. The first-order valence-corrected chi connectivity index (χ1v) is 12.1. The number of Topliss-reactive ketones (excluding diaryl/α,β-unsaturated/α-hetero) is 1. The van der Waals surface area contributed by atoms with E-state index < -0.39 is 124 Å². The predicted octanol–water partition coefficient (Wildman–Crippen LogP) is -8.65. The minimum Gasteiger partial charge on any atom is -0.394 e. The van der Waals surface area contributed by atoms with Crippen LogP contribution in [0.5, 0.6) is 0 Å². The molecule has 2 fully saturated rings. The lowest BCUT2D eigenvalue weighted by Crippen LogP contribution is -2.62. The molecule has 39 heavy (non-hydrogen) atoms.